The SMILES string of the molecule is O=C(c1cn(-c2ccccc2C(F)(F)F)nn1)N1CCCC1Cc1cccc(F)c1. The number of alkyl halides is 3. The molecule has 3 aromatic rings. The van der Waals surface area contributed by atoms with E-state index in [1.807, 2.05) is 0 Å². The predicted octanol–water partition coefficient (Wildman–Crippen LogP) is 4.27. The summed E-state index contributed by atoms with van der Waals surface area (Å²) < 4.78 is 54.2. The second kappa shape index (κ2) is 7.89. The summed E-state index contributed by atoms with van der Waals surface area (Å²) in [6.45, 7) is 0.505. The van der Waals surface area contributed by atoms with Gasteiger partial charge in [-0.2, -0.15) is 13.2 Å². The van der Waals surface area contributed by atoms with Gasteiger partial charge in [0.05, 0.1) is 17.4 Å². The van der Waals surface area contributed by atoms with E-state index in [1.54, 1.807) is 17.0 Å². The molecule has 1 aliphatic rings. The molecule has 156 valence electrons. The molecule has 0 saturated carbocycles. The van der Waals surface area contributed by atoms with Crippen LogP contribution in [0.15, 0.2) is 54.7 Å². The molecule has 9 heteroatoms. The highest BCUT2D eigenvalue weighted by Crippen LogP contribution is 2.33. The fourth-order valence-electron chi connectivity index (χ4n) is 3.79. The lowest BCUT2D eigenvalue weighted by atomic mass is 10.0. The smallest absolute Gasteiger partial charge is 0.334 e. The van der Waals surface area contributed by atoms with E-state index in [0.29, 0.717) is 13.0 Å². The Balaban J connectivity index is 1.56. The highest BCUT2D eigenvalue weighted by atomic mass is 19.4. The van der Waals surface area contributed by atoms with Crippen LogP contribution in [-0.2, 0) is 12.6 Å². The predicted molar refractivity (Wildman–Crippen MR) is 101 cm³/mol. The quantitative estimate of drug-likeness (QED) is 0.595. The number of hydrogen-bond donors (Lipinski definition) is 0. The maximum atomic E-state index is 13.5. The van der Waals surface area contributed by atoms with Crippen molar-refractivity contribution in [1.82, 2.24) is 19.9 Å². The van der Waals surface area contributed by atoms with Crippen LogP contribution in [0.25, 0.3) is 5.69 Å². The number of amides is 1. The molecule has 1 fully saturated rings. The number of carbonyl (C=O) groups excluding carboxylic acids is 1. The first-order valence-electron chi connectivity index (χ1n) is 9.47. The van der Waals surface area contributed by atoms with E-state index in [4.69, 9.17) is 0 Å². The zero-order valence-electron chi connectivity index (χ0n) is 15.8. The van der Waals surface area contributed by atoms with Crippen LogP contribution < -0.4 is 0 Å². The van der Waals surface area contributed by atoms with Gasteiger partial charge in [0.15, 0.2) is 5.69 Å². The molecule has 1 aromatic heterocycles. The van der Waals surface area contributed by atoms with Gasteiger partial charge in [-0.05, 0) is 49.1 Å². The van der Waals surface area contributed by atoms with Gasteiger partial charge in [0.1, 0.15) is 5.82 Å². The van der Waals surface area contributed by atoms with Gasteiger partial charge in [0.2, 0.25) is 0 Å². The van der Waals surface area contributed by atoms with Crippen molar-refractivity contribution in [2.24, 2.45) is 0 Å². The molecular weight excluding hydrogens is 400 g/mol. The monoisotopic (exact) mass is 418 g/mol. The molecule has 0 bridgehead atoms. The molecule has 1 atom stereocenters. The molecule has 1 amide bonds. The lowest BCUT2D eigenvalue weighted by molar-refractivity contribution is -0.137. The molecule has 2 aromatic carbocycles. The van der Waals surface area contributed by atoms with E-state index >= 15 is 0 Å². The van der Waals surface area contributed by atoms with E-state index in [-0.39, 0.29) is 23.2 Å². The van der Waals surface area contributed by atoms with Crippen molar-refractivity contribution >= 4 is 5.91 Å². The van der Waals surface area contributed by atoms with Gasteiger partial charge in [0.25, 0.3) is 5.91 Å². The minimum atomic E-state index is -4.56. The Morgan fingerprint density at radius 2 is 1.93 bits per heavy atom. The second-order valence-corrected chi connectivity index (χ2v) is 7.19. The molecular formula is C21H18F4N4O. The van der Waals surface area contributed by atoms with E-state index in [2.05, 4.69) is 10.3 Å². The molecule has 1 aliphatic heterocycles. The van der Waals surface area contributed by atoms with Crippen LogP contribution in [0.5, 0.6) is 0 Å². The third-order valence-electron chi connectivity index (χ3n) is 5.17. The largest absolute Gasteiger partial charge is 0.418 e. The Morgan fingerprint density at radius 3 is 2.70 bits per heavy atom. The Hall–Kier alpha value is -3.23. The topological polar surface area (TPSA) is 51.0 Å². The third kappa shape index (κ3) is 4.05. The molecule has 2 heterocycles. The minimum Gasteiger partial charge on any atom is -0.334 e. The van der Waals surface area contributed by atoms with Crippen LogP contribution in [0.2, 0.25) is 0 Å². The summed E-state index contributed by atoms with van der Waals surface area (Å²) in [6.07, 6.45) is -1.30. The van der Waals surface area contributed by atoms with Crippen LogP contribution >= 0.6 is 0 Å². The number of rotatable bonds is 4. The third-order valence-corrected chi connectivity index (χ3v) is 5.17. The fraction of sp³-hybridized carbons (Fsp3) is 0.286. The van der Waals surface area contributed by atoms with Crippen molar-refractivity contribution in [2.45, 2.75) is 31.5 Å². The van der Waals surface area contributed by atoms with Crippen LogP contribution in [0, 0.1) is 5.82 Å². The van der Waals surface area contributed by atoms with Crippen LogP contribution in [0.3, 0.4) is 0 Å². The lowest BCUT2D eigenvalue weighted by Crippen LogP contribution is -2.37. The number of nitrogens with zero attached hydrogens (tertiary/aromatic N) is 4. The number of hydrogen-bond acceptors (Lipinski definition) is 3. The maximum absolute atomic E-state index is 13.5. The number of carbonyl (C=O) groups is 1. The standard InChI is InChI=1S/C21H18F4N4O/c22-15-6-3-5-14(11-15)12-16-7-4-10-28(16)20(30)18-13-29(27-26-18)19-9-2-1-8-17(19)21(23,24)25/h1-3,5-6,8-9,11,13,16H,4,7,10,12H2. The number of para-hydroxylation sites is 1. The summed E-state index contributed by atoms with van der Waals surface area (Å²) in [4.78, 5) is 14.6. The van der Waals surface area contributed by atoms with Crippen molar-refractivity contribution in [2.75, 3.05) is 6.54 Å². The Morgan fingerprint density at radius 1 is 1.13 bits per heavy atom. The molecule has 30 heavy (non-hydrogen) atoms. The first kappa shape index (κ1) is 20.1. The van der Waals surface area contributed by atoms with Gasteiger partial charge in [-0.25, -0.2) is 9.07 Å². The minimum absolute atomic E-state index is 0.0295. The summed E-state index contributed by atoms with van der Waals surface area (Å²) in [5.41, 5.74) is -0.311. The number of benzene rings is 2. The average Bonchev–Trinajstić information content (AvgIpc) is 3.37. The fourth-order valence-corrected chi connectivity index (χ4v) is 3.79. The van der Waals surface area contributed by atoms with Gasteiger partial charge in [0, 0.05) is 12.6 Å². The summed E-state index contributed by atoms with van der Waals surface area (Å²) in [7, 11) is 0. The second-order valence-electron chi connectivity index (χ2n) is 7.19. The zero-order chi connectivity index (χ0) is 21.3. The first-order valence-corrected chi connectivity index (χ1v) is 9.47. The highest BCUT2D eigenvalue weighted by Gasteiger charge is 2.35. The molecule has 0 N–H and O–H groups in total. The van der Waals surface area contributed by atoms with Gasteiger partial charge >= 0.3 is 6.18 Å². The molecule has 5 nitrogen and oxygen atoms in total. The molecule has 0 radical (unpaired) electrons. The average molecular weight is 418 g/mol. The number of aromatic nitrogens is 3. The molecule has 1 saturated heterocycles. The maximum Gasteiger partial charge on any atom is 0.418 e. The van der Waals surface area contributed by atoms with Crippen LogP contribution in [-0.4, -0.2) is 38.4 Å². The first-order chi connectivity index (χ1) is 14.3. The van der Waals surface area contributed by atoms with Gasteiger partial charge in [-0.3, -0.25) is 4.79 Å². The Kier molecular flexibility index (Phi) is 5.27. The van der Waals surface area contributed by atoms with E-state index in [1.165, 1.54) is 36.5 Å². The molecule has 1 unspecified atom stereocenters. The van der Waals surface area contributed by atoms with Crippen molar-refractivity contribution in [3.8, 4) is 5.69 Å². The number of likely N-dealkylation sites (tertiary alicyclic amines) is 1. The van der Waals surface area contributed by atoms with Crippen molar-refractivity contribution in [3.63, 3.8) is 0 Å². The number of halogens is 4. The molecule has 0 spiro atoms. The summed E-state index contributed by atoms with van der Waals surface area (Å²) in [5.74, 6) is -0.737. The molecule has 0 aliphatic carbocycles. The molecule has 4 rings (SSSR count). The summed E-state index contributed by atoms with van der Waals surface area (Å²) >= 11 is 0. The zero-order valence-corrected chi connectivity index (χ0v) is 15.8. The summed E-state index contributed by atoms with van der Waals surface area (Å²) in [5, 5.41) is 7.55. The van der Waals surface area contributed by atoms with Crippen LogP contribution in [0.4, 0.5) is 17.6 Å². The van der Waals surface area contributed by atoms with Gasteiger partial charge in [-0.1, -0.05) is 29.5 Å². The van der Waals surface area contributed by atoms with Crippen molar-refractivity contribution in [1.29, 1.82) is 0 Å². The lowest BCUT2D eigenvalue weighted by Gasteiger charge is -2.24. The highest BCUT2D eigenvalue weighted by molar-refractivity contribution is 5.92. The van der Waals surface area contributed by atoms with Crippen molar-refractivity contribution in [3.05, 3.63) is 77.4 Å². The van der Waals surface area contributed by atoms with E-state index < -0.39 is 17.6 Å². The summed E-state index contributed by atoms with van der Waals surface area (Å²) in [6, 6.07) is 11.1. The van der Waals surface area contributed by atoms with Crippen LogP contribution in [0.1, 0.15) is 34.5 Å². The van der Waals surface area contributed by atoms with Gasteiger partial charge < -0.3 is 4.90 Å². The van der Waals surface area contributed by atoms with Gasteiger partial charge in [-0.15, -0.1) is 5.10 Å². The van der Waals surface area contributed by atoms with E-state index in [0.717, 1.165) is 29.2 Å². The Labute approximate surface area is 169 Å². The van der Waals surface area contributed by atoms with Crippen molar-refractivity contribution < 1.29 is 22.4 Å². The van der Waals surface area contributed by atoms with E-state index in [9.17, 15) is 22.4 Å². The Bertz CT molecular complexity index is 1060. The normalized spacial score (nSPS) is 16.8.